The molecule has 0 fully saturated rings. The normalized spacial score (nSPS) is 10.3. The largest absolute Gasteiger partial charge is 0.356 e. The highest BCUT2D eigenvalue weighted by Gasteiger charge is 2.17. The first kappa shape index (κ1) is 11.4. The molecule has 0 rings (SSSR count). The van der Waals surface area contributed by atoms with Crippen LogP contribution in [0.25, 0.3) is 0 Å². The molecule has 0 aromatic heterocycles. The van der Waals surface area contributed by atoms with Crippen LogP contribution in [-0.2, 0) is 9.63 Å². The fraction of sp³-hybridized carbons (Fsp3) is 0.875. The van der Waals surface area contributed by atoms with E-state index >= 15 is 0 Å². The van der Waals surface area contributed by atoms with Crippen molar-refractivity contribution in [2.24, 2.45) is 11.8 Å². The highest BCUT2D eigenvalue weighted by molar-refractivity contribution is 5.71. The smallest absolute Gasteiger partial charge is 0.329 e. The minimum Gasteiger partial charge on any atom is -0.356 e. The minimum absolute atomic E-state index is 0.00366. The summed E-state index contributed by atoms with van der Waals surface area (Å²) in [6.45, 7) is 4.09. The second-order valence-electron chi connectivity index (χ2n) is 2.81. The van der Waals surface area contributed by atoms with E-state index < -0.39 is 0 Å². The van der Waals surface area contributed by atoms with Crippen LogP contribution in [-0.4, -0.2) is 5.97 Å². The Balaban J connectivity index is 3.81. The summed E-state index contributed by atoms with van der Waals surface area (Å²) in [4.78, 5) is 15.7. The molecule has 0 bridgehead atoms. The molecule has 0 aliphatic rings. The first-order valence-corrected chi connectivity index (χ1v) is 4.42. The molecule has 0 amide bonds. The molecule has 0 saturated heterocycles. The number of carbonyl (C=O) groups excluding carboxylic acids is 1. The summed E-state index contributed by atoms with van der Waals surface area (Å²) in [5.74, 6) is 4.61. The van der Waals surface area contributed by atoms with Gasteiger partial charge in [0.1, 0.15) is 0 Å². The van der Waals surface area contributed by atoms with Gasteiger partial charge in [-0.3, -0.25) is 0 Å². The Labute approximate surface area is 73.4 Å². The summed E-state index contributed by atoms with van der Waals surface area (Å²) < 4.78 is 0. The Morgan fingerprint density at radius 3 is 2.25 bits per heavy atom. The standard InChI is InChI=1S/C8H18N2O2/c1-3-5-7(6-4-2)8(11)12-10-9/h7,10H,3-6,9H2,1-2H3. The number of hydrazine groups is 1. The lowest BCUT2D eigenvalue weighted by atomic mass is 9.99. The molecule has 0 aliphatic carbocycles. The van der Waals surface area contributed by atoms with Crippen molar-refractivity contribution in [1.82, 2.24) is 5.59 Å². The van der Waals surface area contributed by atoms with Gasteiger partial charge >= 0.3 is 5.97 Å². The predicted octanol–water partition coefficient (Wildman–Crippen LogP) is 1.12. The van der Waals surface area contributed by atoms with Crippen molar-refractivity contribution in [2.75, 3.05) is 0 Å². The molecule has 4 heteroatoms. The molecule has 0 aliphatic heterocycles. The van der Waals surface area contributed by atoms with Gasteiger partial charge in [-0.05, 0) is 12.8 Å². The van der Waals surface area contributed by atoms with Crippen LogP contribution in [0.5, 0.6) is 0 Å². The number of hydrogen-bond donors (Lipinski definition) is 2. The average Bonchev–Trinajstić information content (AvgIpc) is 2.04. The van der Waals surface area contributed by atoms with Gasteiger partial charge in [-0.25, -0.2) is 10.6 Å². The summed E-state index contributed by atoms with van der Waals surface area (Å²) in [6, 6.07) is 0. The third-order valence-electron chi connectivity index (χ3n) is 1.77. The second kappa shape index (κ2) is 7.06. The SMILES string of the molecule is CCCC(CCC)C(=O)ONN. The van der Waals surface area contributed by atoms with Gasteiger partial charge < -0.3 is 4.84 Å². The van der Waals surface area contributed by atoms with Crippen LogP contribution < -0.4 is 11.4 Å². The fourth-order valence-corrected chi connectivity index (χ4v) is 1.22. The zero-order valence-electron chi connectivity index (χ0n) is 7.80. The molecule has 0 aromatic rings. The van der Waals surface area contributed by atoms with Crippen LogP contribution in [0.1, 0.15) is 39.5 Å². The first-order chi connectivity index (χ1) is 5.76. The molecule has 72 valence electrons. The van der Waals surface area contributed by atoms with E-state index in [4.69, 9.17) is 5.84 Å². The molecule has 0 radical (unpaired) electrons. The maximum atomic E-state index is 11.2. The lowest BCUT2D eigenvalue weighted by Gasteiger charge is -2.12. The Kier molecular flexibility index (Phi) is 6.70. The maximum Gasteiger partial charge on any atom is 0.329 e. The Morgan fingerprint density at radius 2 is 1.92 bits per heavy atom. The molecule has 0 spiro atoms. The van der Waals surface area contributed by atoms with Crippen molar-refractivity contribution in [2.45, 2.75) is 39.5 Å². The van der Waals surface area contributed by atoms with Crippen LogP contribution >= 0.6 is 0 Å². The maximum absolute atomic E-state index is 11.2. The van der Waals surface area contributed by atoms with Gasteiger partial charge in [0.15, 0.2) is 0 Å². The van der Waals surface area contributed by atoms with Gasteiger partial charge in [-0.1, -0.05) is 32.3 Å². The monoisotopic (exact) mass is 174 g/mol. The molecule has 0 unspecified atom stereocenters. The molecule has 0 aromatic carbocycles. The van der Waals surface area contributed by atoms with E-state index in [9.17, 15) is 4.79 Å². The van der Waals surface area contributed by atoms with Gasteiger partial charge in [0, 0.05) is 0 Å². The molecule has 0 saturated carbocycles. The van der Waals surface area contributed by atoms with E-state index in [0.29, 0.717) is 0 Å². The van der Waals surface area contributed by atoms with E-state index in [1.165, 1.54) is 0 Å². The van der Waals surface area contributed by atoms with Gasteiger partial charge in [0.05, 0.1) is 5.92 Å². The van der Waals surface area contributed by atoms with Gasteiger partial charge in [-0.15, -0.1) is 0 Å². The lowest BCUT2D eigenvalue weighted by Crippen LogP contribution is -2.30. The topological polar surface area (TPSA) is 64.3 Å². The predicted molar refractivity (Wildman–Crippen MR) is 46.7 cm³/mol. The summed E-state index contributed by atoms with van der Waals surface area (Å²) in [7, 11) is 0. The van der Waals surface area contributed by atoms with Crippen LogP contribution in [0.4, 0.5) is 0 Å². The van der Waals surface area contributed by atoms with Gasteiger partial charge in [0.25, 0.3) is 0 Å². The molecule has 4 nitrogen and oxygen atoms in total. The number of carbonyl (C=O) groups is 1. The Morgan fingerprint density at radius 1 is 1.42 bits per heavy atom. The Bertz CT molecular complexity index is 122. The van der Waals surface area contributed by atoms with Crippen LogP contribution in [0.15, 0.2) is 0 Å². The van der Waals surface area contributed by atoms with Crippen molar-refractivity contribution in [3.05, 3.63) is 0 Å². The first-order valence-electron chi connectivity index (χ1n) is 4.42. The van der Waals surface area contributed by atoms with Crippen LogP contribution in [0.3, 0.4) is 0 Å². The molecule has 12 heavy (non-hydrogen) atoms. The second-order valence-corrected chi connectivity index (χ2v) is 2.81. The average molecular weight is 174 g/mol. The summed E-state index contributed by atoms with van der Waals surface area (Å²) in [5.41, 5.74) is 1.92. The third-order valence-corrected chi connectivity index (χ3v) is 1.77. The zero-order valence-corrected chi connectivity index (χ0v) is 7.80. The highest BCUT2D eigenvalue weighted by atomic mass is 16.7. The van der Waals surface area contributed by atoms with E-state index in [-0.39, 0.29) is 11.9 Å². The van der Waals surface area contributed by atoms with Crippen molar-refractivity contribution in [3.63, 3.8) is 0 Å². The number of nitrogens with two attached hydrogens (primary N) is 1. The number of hydrogen-bond acceptors (Lipinski definition) is 4. The summed E-state index contributed by atoms with van der Waals surface area (Å²) in [6.07, 6.45) is 3.72. The van der Waals surface area contributed by atoms with Crippen molar-refractivity contribution < 1.29 is 9.63 Å². The van der Waals surface area contributed by atoms with E-state index in [0.717, 1.165) is 25.7 Å². The molecular weight excluding hydrogens is 156 g/mol. The van der Waals surface area contributed by atoms with Crippen LogP contribution in [0, 0.1) is 5.92 Å². The van der Waals surface area contributed by atoms with Crippen molar-refractivity contribution >= 4 is 5.97 Å². The minimum atomic E-state index is -0.249. The quantitative estimate of drug-likeness (QED) is 0.468. The van der Waals surface area contributed by atoms with Gasteiger partial charge in [0.2, 0.25) is 0 Å². The van der Waals surface area contributed by atoms with E-state index in [1.54, 1.807) is 0 Å². The number of nitrogens with one attached hydrogen (secondary N) is 1. The molecular formula is C8H18N2O2. The third kappa shape index (κ3) is 4.31. The highest BCUT2D eigenvalue weighted by Crippen LogP contribution is 2.14. The number of rotatable bonds is 6. The Hall–Kier alpha value is -0.610. The molecule has 3 N–H and O–H groups in total. The van der Waals surface area contributed by atoms with Crippen molar-refractivity contribution in [1.29, 1.82) is 0 Å². The fourth-order valence-electron chi connectivity index (χ4n) is 1.22. The lowest BCUT2D eigenvalue weighted by molar-refractivity contribution is -0.156. The van der Waals surface area contributed by atoms with Crippen molar-refractivity contribution in [3.8, 4) is 0 Å². The van der Waals surface area contributed by atoms with E-state index in [1.807, 2.05) is 19.4 Å². The molecule has 0 heterocycles. The zero-order chi connectivity index (χ0) is 9.40. The van der Waals surface area contributed by atoms with Crippen LogP contribution in [0.2, 0.25) is 0 Å². The summed E-state index contributed by atoms with van der Waals surface area (Å²) in [5, 5.41) is 0. The van der Waals surface area contributed by atoms with E-state index in [2.05, 4.69) is 4.84 Å². The van der Waals surface area contributed by atoms with Gasteiger partial charge in [-0.2, -0.15) is 0 Å². The molecule has 0 atom stereocenters. The summed E-state index contributed by atoms with van der Waals surface area (Å²) >= 11 is 0.